The van der Waals surface area contributed by atoms with E-state index in [1.807, 2.05) is 30.3 Å². The van der Waals surface area contributed by atoms with Crippen LogP contribution in [0, 0.1) is 0 Å². The number of imide groups is 1. The minimum atomic E-state index is -0.987. The van der Waals surface area contributed by atoms with Gasteiger partial charge in [0.1, 0.15) is 24.8 Å². The summed E-state index contributed by atoms with van der Waals surface area (Å²) in [5, 5.41) is 2.36. The molecule has 8 heteroatoms. The van der Waals surface area contributed by atoms with Gasteiger partial charge in [0.15, 0.2) is 0 Å². The third-order valence-electron chi connectivity index (χ3n) is 4.25. The number of esters is 1. The molecule has 0 aliphatic carbocycles. The summed E-state index contributed by atoms with van der Waals surface area (Å²) >= 11 is 0. The number of alkyl carbamates (subject to hydrolysis) is 1. The van der Waals surface area contributed by atoms with E-state index in [1.165, 1.54) is 0 Å². The minimum Gasteiger partial charge on any atom is -0.459 e. The molecule has 0 radical (unpaired) electrons. The van der Waals surface area contributed by atoms with E-state index in [0.717, 1.165) is 10.5 Å². The highest BCUT2D eigenvalue weighted by Crippen LogP contribution is 2.23. The van der Waals surface area contributed by atoms with E-state index >= 15 is 0 Å². The van der Waals surface area contributed by atoms with Gasteiger partial charge in [0.25, 0.3) is 5.91 Å². The van der Waals surface area contributed by atoms with Crippen LogP contribution in [0.15, 0.2) is 30.3 Å². The number of nitrogens with zero attached hydrogens (tertiary/aromatic N) is 1. The number of amides is 3. The lowest BCUT2D eigenvalue weighted by molar-refractivity contribution is -0.159. The Morgan fingerprint density at radius 2 is 2.00 bits per heavy atom. The van der Waals surface area contributed by atoms with Crippen molar-refractivity contribution in [1.82, 2.24) is 10.2 Å². The van der Waals surface area contributed by atoms with Crippen molar-refractivity contribution >= 4 is 23.9 Å². The van der Waals surface area contributed by atoms with E-state index in [9.17, 15) is 19.2 Å². The molecule has 0 spiro atoms. The first-order chi connectivity index (χ1) is 12.0. The minimum absolute atomic E-state index is 0.0616. The summed E-state index contributed by atoms with van der Waals surface area (Å²) in [5.74, 6) is -1.75. The number of benzene rings is 1. The molecule has 0 aromatic heterocycles. The SMILES string of the molecule is C[C@@H]1OC(=O)N[C@H]1C(=O)N1C(=O)CC[C@H]1C(=O)OCc1ccccc1. The van der Waals surface area contributed by atoms with Crippen molar-refractivity contribution in [2.45, 2.75) is 44.6 Å². The number of rotatable bonds is 4. The van der Waals surface area contributed by atoms with Crippen molar-refractivity contribution in [3.8, 4) is 0 Å². The van der Waals surface area contributed by atoms with Gasteiger partial charge in [-0.1, -0.05) is 30.3 Å². The van der Waals surface area contributed by atoms with E-state index in [1.54, 1.807) is 6.92 Å². The Balaban J connectivity index is 1.67. The van der Waals surface area contributed by atoms with Gasteiger partial charge in [0.2, 0.25) is 5.91 Å². The molecule has 2 heterocycles. The van der Waals surface area contributed by atoms with Gasteiger partial charge >= 0.3 is 12.1 Å². The molecule has 8 nitrogen and oxygen atoms in total. The number of ether oxygens (including phenoxy) is 2. The van der Waals surface area contributed by atoms with E-state index in [0.29, 0.717) is 0 Å². The van der Waals surface area contributed by atoms with Crippen LogP contribution in [-0.4, -0.2) is 47.0 Å². The molecule has 3 amide bonds. The molecule has 25 heavy (non-hydrogen) atoms. The van der Waals surface area contributed by atoms with Crippen molar-refractivity contribution in [1.29, 1.82) is 0 Å². The topological polar surface area (TPSA) is 102 Å². The lowest BCUT2D eigenvalue weighted by Gasteiger charge is -2.24. The molecule has 1 N–H and O–H groups in total. The summed E-state index contributed by atoms with van der Waals surface area (Å²) in [4.78, 5) is 49.2. The zero-order chi connectivity index (χ0) is 18.0. The number of hydrogen-bond acceptors (Lipinski definition) is 6. The molecule has 132 valence electrons. The van der Waals surface area contributed by atoms with Crippen molar-refractivity contribution in [2.24, 2.45) is 0 Å². The second-order valence-corrected chi connectivity index (χ2v) is 5.98. The van der Waals surface area contributed by atoms with Crippen LogP contribution in [0.4, 0.5) is 4.79 Å². The van der Waals surface area contributed by atoms with Crippen LogP contribution >= 0.6 is 0 Å². The fourth-order valence-corrected chi connectivity index (χ4v) is 2.94. The predicted octanol–water partition coefficient (Wildman–Crippen LogP) is 0.744. The first-order valence-corrected chi connectivity index (χ1v) is 8.01. The average molecular weight is 346 g/mol. The Morgan fingerprint density at radius 1 is 1.28 bits per heavy atom. The molecule has 2 aliphatic rings. The first kappa shape index (κ1) is 16.9. The second kappa shape index (κ2) is 6.92. The summed E-state index contributed by atoms with van der Waals surface area (Å²) in [6, 6.07) is 7.14. The molecule has 0 bridgehead atoms. The van der Waals surface area contributed by atoms with Crippen LogP contribution in [0.2, 0.25) is 0 Å². The van der Waals surface area contributed by atoms with E-state index in [4.69, 9.17) is 9.47 Å². The molecule has 3 atom stereocenters. The van der Waals surface area contributed by atoms with Gasteiger partial charge in [-0.05, 0) is 18.9 Å². The molecular weight excluding hydrogens is 328 g/mol. The van der Waals surface area contributed by atoms with Gasteiger partial charge in [-0.15, -0.1) is 0 Å². The number of carbonyl (C=O) groups is 4. The van der Waals surface area contributed by atoms with Crippen LogP contribution in [0.1, 0.15) is 25.3 Å². The Kier molecular flexibility index (Phi) is 4.69. The summed E-state index contributed by atoms with van der Waals surface area (Å²) in [7, 11) is 0. The van der Waals surface area contributed by atoms with Crippen LogP contribution in [0.5, 0.6) is 0 Å². The van der Waals surface area contributed by atoms with Crippen molar-refractivity contribution in [3.63, 3.8) is 0 Å². The Bertz CT molecular complexity index is 704. The molecule has 1 aromatic rings. The lowest BCUT2D eigenvalue weighted by atomic mass is 10.1. The Labute approximate surface area is 144 Å². The third-order valence-corrected chi connectivity index (χ3v) is 4.25. The van der Waals surface area contributed by atoms with Crippen molar-refractivity contribution in [3.05, 3.63) is 35.9 Å². The zero-order valence-electron chi connectivity index (χ0n) is 13.6. The highest BCUT2D eigenvalue weighted by atomic mass is 16.6. The maximum atomic E-state index is 12.6. The standard InChI is InChI=1S/C17H18N2O6/c1-10-14(18-17(23)25-10)15(21)19-12(7-8-13(19)20)16(22)24-9-11-5-3-2-4-6-11/h2-6,10,12,14H,7-9H2,1H3,(H,18,23)/t10-,12-,14+/m0/s1. The monoisotopic (exact) mass is 346 g/mol. The van der Waals surface area contributed by atoms with Gasteiger partial charge in [-0.3, -0.25) is 14.5 Å². The molecule has 2 fully saturated rings. The average Bonchev–Trinajstić information content (AvgIpc) is 3.15. The highest BCUT2D eigenvalue weighted by Gasteiger charge is 2.47. The Morgan fingerprint density at radius 3 is 2.64 bits per heavy atom. The van der Waals surface area contributed by atoms with Crippen molar-refractivity contribution < 1.29 is 28.7 Å². The molecule has 2 aliphatic heterocycles. The van der Waals surface area contributed by atoms with Gasteiger partial charge in [0.05, 0.1) is 0 Å². The third kappa shape index (κ3) is 3.47. The largest absolute Gasteiger partial charge is 0.459 e. The second-order valence-electron chi connectivity index (χ2n) is 5.98. The molecule has 0 unspecified atom stereocenters. The summed E-state index contributed by atoms with van der Waals surface area (Å²) < 4.78 is 10.1. The number of carbonyl (C=O) groups excluding carboxylic acids is 4. The van der Waals surface area contributed by atoms with Crippen LogP contribution in [-0.2, 0) is 30.5 Å². The summed E-state index contributed by atoms with van der Waals surface area (Å²) in [5.41, 5.74) is 0.808. The predicted molar refractivity (Wildman–Crippen MR) is 84.0 cm³/mol. The molecule has 1 aromatic carbocycles. The number of likely N-dealkylation sites (tertiary alicyclic amines) is 1. The Hall–Kier alpha value is -2.90. The van der Waals surface area contributed by atoms with Gasteiger partial charge in [-0.25, -0.2) is 9.59 Å². The quantitative estimate of drug-likeness (QED) is 0.637. The van der Waals surface area contributed by atoms with E-state index in [-0.39, 0.29) is 19.4 Å². The van der Waals surface area contributed by atoms with Crippen LogP contribution in [0.25, 0.3) is 0 Å². The highest BCUT2D eigenvalue weighted by molar-refractivity contribution is 6.05. The van der Waals surface area contributed by atoms with Crippen LogP contribution < -0.4 is 5.32 Å². The van der Waals surface area contributed by atoms with E-state index in [2.05, 4.69) is 5.32 Å². The first-order valence-electron chi connectivity index (χ1n) is 8.01. The fourth-order valence-electron chi connectivity index (χ4n) is 2.94. The number of cyclic esters (lactones) is 1. The zero-order valence-corrected chi connectivity index (χ0v) is 13.6. The maximum Gasteiger partial charge on any atom is 0.408 e. The number of hydrogen-bond donors (Lipinski definition) is 1. The fraction of sp³-hybridized carbons (Fsp3) is 0.412. The molecule has 2 saturated heterocycles. The smallest absolute Gasteiger partial charge is 0.408 e. The van der Waals surface area contributed by atoms with Gasteiger partial charge in [0, 0.05) is 6.42 Å². The normalized spacial score (nSPS) is 25.5. The van der Waals surface area contributed by atoms with Crippen LogP contribution in [0.3, 0.4) is 0 Å². The summed E-state index contributed by atoms with van der Waals surface area (Å²) in [6.45, 7) is 1.61. The molecule has 3 rings (SSSR count). The molecule has 0 saturated carbocycles. The van der Waals surface area contributed by atoms with E-state index < -0.39 is 42.1 Å². The van der Waals surface area contributed by atoms with Gasteiger partial charge < -0.3 is 14.8 Å². The lowest BCUT2D eigenvalue weighted by Crippen LogP contribution is -2.53. The molecular formula is C17H18N2O6. The summed E-state index contributed by atoms with van der Waals surface area (Å²) in [6.07, 6.45) is -1.16. The number of nitrogens with one attached hydrogen (secondary N) is 1. The van der Waals surface area contributed by atoms with Crippen molar-refractivity contribution in [2.75, 3.05) is 0 Å². The van der Waals surface area contributed by atoms with Gasteiger partial charge in [-0.2, -0.15) is 0 Å². The maximum absolute atomic E-state index is 12.6.